The van der Waals surface area contributed by atoms with Gasteiger partial charge in [0.25, 0.3) is 0 Å². The zero-order chi connectivity index (χ0) is 16.4. The fourth-order valence-corrected chi connectivity index (χ4v) is 2.63. The van der Waals surface area contributed by atoms with E-state index in [9.17, 15) is 14.4 Å². The maximum absolute atomic E-state index is 12.6. The minimum atomic E-state index is -0.707. The van der Waals surface area contributed by atoms with Crippen molar-refractivity contribution in [2.75, 3.05) is 40.4 Å². The van der Waals surface area contributed by atoms with E-state index in [-0.39, 0.29) is 24.4 Å². The third-order valence-electron chi connectivity index (χ3n) is 3.65. The molecule has 0 saturated carbocycles. The molecule has 22 heavy (non-hydrogen) atoms. The van der Waals surface area contributed by atoms with Crippen molar-refractivity contribution in [3.8, 4) is 0 Å². The molecule has 0 unspecified atom stereocenters. The van der Waals surface area contributed by atoms with Crippen LogP contribution < -0.4 is 0 Å². The van der Waals surface area contributed by atoms with Gasteiger partial charge in [-0.15, -0.1) is 0 Å². The van der Waals surface area contributed by atoms with E-state index in [2.05, 4.69) is 0 Å². The molecule has 0 bridgehead atoms. The van der Waals surface area contributed by atoms with Gasteiger partial charge < -0.3 is 19.3 Å². The first kappa shape index (κ1) is 16.1. The Balaban J connectivity index is 2.56. The second-order valence-electron chi connectivity index (χ2n) is 5.06. The van der Waals surface area contributed by atoms with E-state index >= 15 is 0 Å². The maximum atomic E-state index is 12.6. The Hall–Kier alpha value is -2.31. The Morgan fingerprint density at radius 1 is 0.909 bits per heavy atom. The lowest BCUT2D eigenvalue weighted by Crippen LogP contribution is -2.40. The van der Waals surface area contributed by atoms with Gasteiger partial charge in [-0.05, 0) is 13.8 Å². The van der Waals surface area contributed by atoms with Crippen LogP contribution in [0.25, 0.3) is 0 Å². The van der Waals surface area contributed by atoms with Crippen LogP contribution in [-0.2, 0) is 23.9 Å². The van der Waals surface area contributed by atoms with Crippen molar-refractivity contribution in [2.45, 2.75) is 13.8 Å². The zero-order valence-corrected chi connectivity index (χ0v) is 13.3. The minimum Gasteiger partial charge on any atom is -0.462 e. The Labute approximate surface area is 129 Å². The summed E-state index contributed by atoms with van der Waals surface area (Å²) >= 11 is 0. The molecule has 0 atom stereocenters. The number of esters is 2. The van der Waals surface area contributed by atoms with Crippen molar-refractivity contribution in [3.05, 3.63) is 22.5 Å². The van der Waals surface area contributed by atoms with Crippen molar-refractivity contribution in [2.24, 2.45) is 0 Å². The van der Waals surface area contributed by atoms with Gasteiger partial charge in [0.1, 0.15) is 11.1 Å². The molecule has 0 N–H and O–H groups in total. The number of nitrogens with zero attached hydrogens (tertiary/aromatic N) is 2. The SMILES string of the molecule is CCOC(=O)C1=C2C(=C(C(=O)OCC)C1=O)N(C)CCN2C. The van der Waals surface area contributed by atoms with Crippen LogP contribution in [0.15, 0.2) is 22.5 Å². The van der Waals surface area contributed by atoms with E-state index in [1.807, 2.05) is 0 Å². The van der Waals surface area contributed by atoms with Crippen LogP contribution in [0.4, 0.5) is 0 Å². The molecule has 0 aromatic heterocycles. The van der Waals surface area contributed by atoms with Crippen LogP contribution in [-0.4, -0.2) is 67.9 Å². The van der Waals surface area contributed by atoms with Gasteiger partial charge in [0, 0.05) is 27.2 Å². The minimum absolute atomic E-state index is 0.0889. The van der Waals surface area contributed by atoms with Crippen LogP contribution in [0, 0.1) is 0 Å². The summed E-state index contributed by atoms with van der Waals surface area (Å²) in [5, 5.41) is 0. The molecule has 1 aliphatic heterocycles. The van der Waals surface area contributed by atoms with Crippen molar-refractivity contribution in [1.82, 2.24) is 9.80 Å². The molecule has 0 aromatic carbocycles. The van der Waals surface area contributed by atoms with Gasteiger partial charge >= 0.3 is 11.9 Å². The first-order valence-electron chi connectivity index (χ1n) is 7.24. The average Bonchev–Trinajstić information content (AvgIpc) is 2.78. The van der Waals surface area contributed by atoms with Gasteiger partial charge in [-0.1, -0.05) is 0 Å². The Morgan fingerprint density at radius 2 is 1.27 bits per heavy atom. The summed E-state index contributed by atoms with van der Waals surface area (Å²) in [7, 11) is 3.56. The molecule has 120 valence electrons. The van der Waals surface area contributed by atoms with Crippen LogP contribution >= 0.6 is 0 Å². The molecule has 2 aliphatic rings. The number of hydrogen-bond donors (Lipinski definition) is 0. The number of carbonyl (C=O) groups is 3. The normalized spacial score (nSPS) is 17.9. The fourth-order valence-electron chi connectivity index (χ4n) is 2.63. The lowest BCUT2D eigenvalue weighted by atomic mass is 10.1. The number of fused-ring (bicyclic) bond motifs is 1. The van der Waals surface area contributed by atoms with E-state index in [4.69, 9.17) is 9.47 Å². The Kier molecular flexibility index (Phi) is 4.54. The number of ketones is 1. The number of hydrogen-bond acceptors (Lipinski definition) is 7. The summed E-state index contributed by atoms with van der Waals surface area (Å²) in [5.74, 6) is -2.04. The molecule has 2 rings (SSSR count). The highest BCUT2D eigenvalue weighted by molar-refractivity contribution is 6.36. The van der Waals surface area contributed by atoms with Gasteiger partial charge in [-0.3, -0.25) is 4.79 Å². The maximum Gasteiger partial charge on any atom is 0.344 e. The quantitative estimate of drug-likeness (QED) is 0.538. The van der Waals surface area contributed by atoms with Gasteiger partial charge in [-0.2, -0.15) is 0 Å². The van der Waals surface area contributed by atoms with Crippen LogP contribution in [0.5, 0.6) is 0 Å². The molecular formula is C15H20N2O5. The lowest BCUT2D eigenvalue weighted by Gasteiger charge is -2.36. The predicted octanol–water partition coefficient (Wildman–Crippen LogP) is 0.0807. The third-order valence-corrected chi connectivity index (χ3v) is 3.65. The second-order valence-corrected chi connectivity index (χ2v) is 5.06. The number of Topliss-reactive ketones (excluding diaryl/α,β-unsaturated/α-hetero) is 1. The first-order chi connectivity index (χ1) is 10.4. The molecule has 0 radical (unpaired) electrons. The van der Waals surface area contributed by atoms with Gasteiger partial charge in [0.05, 0.1) is 24.6 Å². The second kappa shape index (κ2) is 6.21. The zero-order valence-electron chi connectivity index (χ0n) is 13.3. The van der Waals surface area contributed by atoms with Crippen molar-refractivity contribution in [3.63, 3.8) is 0 Å². The largest absolute Gasteiger partial charge is 0.462 e. The molecule has 0 amide bonds. The molecule has 0 aromatic rings. The number of likely N-dealkylation sites (N-methyl/N-ethyl adjacent to an activating group) is 2. The van der Waals surface area contributed by atoms with E-state index in [0.717, 1.165) is 0 Å². The summed E-state index contributed by atoms with van der Waals surface area (Å²) in [5.41, 5.74) is 0.711. The van der Waals surface area contributed by atoms with Crippen LogP contribution in [0.1, 0.15) is 13.8 Å². The Bertz CT molecular complexity index is 541. The van der Waals surface area contributed by atoms with Gasteiger partial charge in [0.2, 0.25) is 5.78 Å². The molecule has 1 saturated heterocycles. The molecule has 1 aliphatic carbocycles. The number of piperazine rings is 1. The van der Waals surface area contributed by atoms with E-state index in [0.29, 0.717) is 24.5 Å². The summed E-state index contributed by atoms with van der Waals surface area (Å²) in [6.45, 7) is 4.93. The first-order valence-corrected chi connectivity index (χ1v) is 7.24. The molecule has 7 heteroatoms. The van der Waals surface area contributed by atoms with Crippen molar-refractivity contribution < 1.29 is 23.9 Å². The fraction of sp³-hybridized carbons (Fsp3) is 0.533. The standard InChI is InChI=1S/C15H20N2O5/c1-5-21-14(19)9-11-12(17(4)8-7-16(11)3)10(13(9)18)15(20)22-6-2/h5-8H2,1-4H3. The smallest absolute Gasteiger partial charge is 0.344 e. The average molecular weight is 308 g/mol. The van der Waals surface area contributed by atoms with Crippen molar-refractivity contribution in [1.29, 1.82) is 0 Å². The molecular weight excluding hydrogens is 288 g/mol. The van der Waals surface area contributed by atoms with E-state index < -0.39 is 17.7 Å². The Morgan fingerprint density at radius 3 is 1.59 bits per heavy atom. The highest BCUT2D eigenvalue weighted by Crippen LogP contribution is 2.36. The lowest BCUT2D eigenvalue weighted by molar-refractivity contribution is -0.140. The summed E-state index contributed by atoms with van der Waals surface area (Å²) in [4.78, 5) is 40.5. The number of ether oxygens (including phenoxy) is 2. The summed E-state index contributed by atoms with van der Waals surface area (Å²) in [6, 6.07) is 0. The van der Waals surface area contributed by atoms with E-state index in [1.165, 1.54) is 0 Å². The van der Waals surface area contributed by atoms with E-state index in [1.54, 1.807) is 37.7 Å². The highest BCUT2D eigenvalue weighted by Gasteiger charge is 2.45. The number of carbonyl (C=O) groups excluding carboxylic acids is 3. The van der Waals surface area contributed by atoms with Crippen molar-refractivity contribution >= 4 is 17.7 Å². The van der Waals surface area contributed by atoms with Gasteiger partial charge in [0.15, 0.2) is 0 Å². The summed E-state index contributed by atoms with van der Waals surface area (Å²) in [6.07, 6.45) is 0. The van der Waals surface area contributed by atoms with Gasteiger partial charge in [-0.25, -0.2) is 9.59 Å². The van der Waals surface area contributed by atoms with Crippen LogP contribution in [0.3, 0.4) is 0 Å². The highest BCUT2D eigenvalue weighted by atomic mass is 16.5. The number of rotatable bonds is 4. The molecule has 7 nitrogen and oxygen atoms in total. The predicted molar refractivity (Wildman–Crippen MR) is 77.6 cm³/mol. The summed E-state index contributed by atoms with van der Waals surface area (Å²) < 4.78 is 9.95. The molecule has 1 heterocycles. The molecule has 0 spiro atoms. The topological polar surface area (TPSA) is 76.2 Å². The monoisotopic (exact) mass is 308 g/mol. The third kappa shape index (κ3) is 2.47. The molecule has 1 fully saturated rings. The van der Waals surface area contributed by atoms with Crippen LogP contribution in [0.2, 0.25) is 0 Å².